The molecule has 3 saturated heterocycles. The molecule has 3 aliphatic heterocycles. The molecule has 4 rings (SSSR count). The van der Waals surface area contributed by atoms with E-state index in [0.717, 1.165) is 36.4 Å². The maximum Gasteiger partial charge on any atom is 0.120 e. The fourth-order valence-electron chi connectivity index (χ4n) is 4.00. The molecule has 0 spiro atoms. The van der Waals surface area contributed by atoms with Gasteiger partial charge in [0.1, 0.15) is 6.29 Å². The van der Waals surface area contributed by atoms with Crippen LogP contribution in [0.2, 0.25) is 0 Å². The largest absolute Gasteiger partial charge is 0.303 e. The Kier molecular flexibility index (Phi) is 1.72. The molecule has 3 heterocycles. The third-order valence-corrected chi connectivity index (χ3v) is 4.35. The van der Waals surface area contributed by atoms with Crippen molar-refractivity contribution in [1.82, 2.24) is 4.90 Å². The van der Waals surface area contributed by atoms with Crippen molar-refractivity contribution in [2.24, 2.45) is 23.7 Å². The van der Waals surface area contributed by atoms with Crippen LogP contribution in [0.5, 0.6) is 0 Å². The molecule has 13 heavy (non-hydrogen) atoms. The second kappa shape index (κ2) is 2.81. The summed E-state index contributed by atoms with van der Waals surface area (Å²) in [5.41, 5.74) is 0. The monoisotopic (exact) mass is 179 g/mol. The third-order valence-electron chi connectivity index (χ3n) is 4.35. The van der Waals surface area contributed by atoms with Gasteiger partial charge in [-0.1, -0.05) is 0 Å². The lowest BCUT2D eigenvalue weighted by Crippen LogP contribution is -2.57. The normalized spacial score (nSPS) is 52.5. The zero-order valence-corrected chi connectivity index (χ0v) is 7.98. The summed E-state index contributed by atoms with van der Waals surface area (Å²) in [5, 5.41) is 0. The van der Waals surface area contributed by atoms with Gasteiger partial charge in [0.05, 0.1) is 0 Å². The minimum Gasteiger partial charge on any atom is -0.303 e. The molecule has 0 N–H and O–H groups in total. The summed E-state index contributed by atoms with van der Waals surface area (Å²) >= 11 is 0. The number of nitrogens with zero attached hydrogens (tertiary/aromatic N) is 1. The first kappa shape index (κ1) is 7.98. The molecule has 4 fully saturated rings. The van der Waals surface area contributed by atoms with Crippen LogP contribution in [0.25, 0.3) is 0 Å². The zero-order chi connectivity index (χ0) is 8.84. The molecule has 0 aromatic heterocycles. The van der Waals surface area contributed by atoms with E-state index in [0.29, 0.717) is 0 Å². The highest BCUT2D eigenvalue weighted by Crippen LogP contribution is 2.47. The highest BCUT2D eigenvalue weighted by Gasteiger charge is 2.46. The lowest BCUT2D eigenvalue weighted by Gasteiger charge is -2.55. The number of rotatable bonds is 2. The van der Waals surface area contributed by atoms with Crippen molar-refractivity contribution < 1.29 is 4.79 Å². The first-order valence-corrected chi connectivity index (χ1v) is 5.53. The van der Waals surface area contributed by atoms with Gasteiger partial charge in [-0.3, -0.25) is 0 Å². The van der Waals surface area contributed by atoms with E-state index in [2.05, 4.69) is 4.90 Å². The molecule has 4 bridgehead atoms. The molecule has 1 aliphatic carbocycles. The summed E-state index contributed by atoms with van der Waals surface area (Å²) in [6, 6.07) is 0. The van der Waals surface area contributed by atoms with Crippen molar-refractivity contribution in [1.29, 1.82) is 0 Å². The minimum atomic E-state index is 0.741. The topological polar surface area (TPSA) is 20.3 Å². The van der Waals surface area contributed by atoms with Gasteiger partial charge in [0.15, 0.2) is 0 Å². The number of carbonyl (C=O) groups is 1. The van der Waals surface area contributed by atoms with E-state index in [1.54, 1.807) is 0 Å². The minimum absolute atomic E-state index is 0.741. The lowest BCUT2D eigenvalue weighted by molar-refractivity contribution is -0.114. The summed E-state index contributed by atoms with van der Waals surface area (Å²) < 4.78 is 0. The van der Waals surface area contributed by atoms with E-state index in [1.807, 2.05) is 0 Å². The number of aldehydes is 1. The second-order valence-electron chi connectivity index (χ2n) is 5.14. The Morgan fingerprint density at radius 1 is 1.15 bits per heavy atom. The molecular formula is C11H17NO. The van der Waals surface area contributed by atoms with Crippen LogP contribution in [0.4, 0.5) is 0 Å². The van der Waals surface area contributed by atoms with Gasteiger partial charge in [-0.2, -0.15) is 0 Å². The van der Waals surface area contributed by atoms with Gasteiger partial charge in [0.2, 0.25) is 0 Å². The molecule has 2 heteroatoms. The summed E-state index contributed by atoms with van der Waals surface area (Å²) in [5.74, 6) is 3.43. The standard InChI is InChI=1S/C11H17NO/c13-2-1-11-9-3-8-4-10(11)7-12(5-8)6-9/h2,8-11H,1,3-7H2/t8?,9-,10?,11?/m0/s1. The van der Waals surface area contributed by atoms with Crippen LogP contribution < -0.4 is 0 Å². The summed E-state index contributed by atoms with van der Waals surface area (Å²) in [6.45, 7) is 3.91. The van der Waals surface area contributed by atoms with Gasteiger partial charge in [0, 0.05) is 26.1 Å². The first-order valence-electron chi connectivity index (χ1n) is 5.53. The molecule has 4 unspecified atom stereocenters. The molecule has 72 valence electrons. The molecule has 5 atom stereocenters. The third kappa shape index (κ3) is 1.15. The fourth-order valence-corrected chi connectivity index (χ4v) is 4.00. The van der Waals surface area contributed by atoms with Gasteiger partial charge in [-0.15, -0.1) is 0 Å². The van der Waals surface area contributed by atoms with Crippen LogP contribution in [0.3, 0.4) is 0 Å². The van der Waals surface area contributed by atoms with Gasteiger partial charge < -0.3 is 9.69 Å². The van der Waals surface area contributed by atoms with Crippen molar-refractivity contribution in [3.05, 3.63) is 0 Å². The van der Waals surface area contributed by atoms with Crippen LogP contribution >= 0.6 is 0 Å². The highest BCUT2D eigenvalue weighted by atomic mass is 16.1. The predicted molar refractivity (Wildman–Crippen MR) is 50.3 cm³/mol. The maximum absolute atomic E-state index is 10.6. The molecule has 0 radical (unpaired) electrons. The highest BCUT2D eigenvalue weighted by molar-refractivity contribution is 5.50. The lowest BCUT2D eigenvalue weighted by atomic mass is 9.61. The van der Waals surface area contributed by atoms with E-state index in [1.165, 1.54) is 32.5 Å². The van der Waals surface area contributed by atoms with E-state index in [-0.39, 0.29) is 0 Å². The Morgan fingerprint density at radius 2 is 1.85 bits per heavy atom. The number of piperidine rings is 3. The zero-order valence-electron chi connectivity index (χ0n) is 7.98. The van der Waals surface area contributed by atoms with Crippen LogP contribution in [0.1, 0.15) is 19.3 Å². The maximum atomic E-state index is 10.6. The molecule has 1 saturated carbocycles. The van der Waals surface area contributed by atoms with E-state index < -0.39 is 0 Å². The Labute approximate surface area is 79.3 Å². The van der Waals surface area contributed by atoms with E-state index in [4.69, 9.17) is 0 Å². The smallest absolute Gasteiger partial charge is 0.120 e. The first-order chi connectivity index (χ1) is 6.36. The number of hydrogen-bond acceptors (Lipinski definition) is 2. The number of carbonyl (C=O) groups excluding carboxylic acids is 1. The number of hydrogen-bond donors (Lipinski definition) is 0. The Balaban J connectivity index is 1.81. The molecule has 0 aromatic carbocycles. The molecule has 4 aliphatic rings. The van der Waals surface area contributed by atoms with E-state index >= 15 is 0 Å². The average Bonchev–Trinajstić information content (AvgIpc) is 2.10. The van der Waals surface area contributed by atoms with E-state index in [9.17, 15) is 4.79 Å². The Hall–Kier alpha value is -0.370. The van der Waals surface area contributed by atoms with Crippen molar-refractivity contribution in [3.8, 4) is 0 Å². The summed E-state index contributed by atoms with van der Waals surface area (Å²) in [7, 11) is 0. The molecule has 0 amide bonds. The summed E-state index contributed by atoms with van der Waals surface area (Å²) in [4.78, 5) is 13.2. The van der Waals surface area contributed by atoms with Gasteiger partial charge >= 0.3 is 0 Å². The second-order valence-corrected chi connectivity index (χ2v) is 5.14. The van der Waals surface area contributed by atoms with Crippen LogP contribution in [0, 0.1) is 23.7 Å². The van der Waals surface area contributed by atoms with Crippen molar-refractivity contribution in [2.45, 2.75) is 19.3 Å². The van der Waals surface area contributed by atoms with Gasteiger partial charge in [-0.25, -0.2) is 0 Å². The predicted octanol–water partition coefficient (Wildman–Crippen LogP) is 1.16. The Bertz CT molecular complexity index is 198. The molecule has 2 nitrogen and oxygen atoms in total. The average molecular weight is 179 g/mol. The fraction of sp³-hybridized carbons (Fsp3) is 0.909. The van der Waals surface area contributed by atoms with Crippen LogP contribution in [0.15, 0.2) is 0 Å². The summed E-state index contributed by atoms with van der Waals surface area (Å²) in [6.07, 6.45) is 4.79. The quantitative estimate of drug-likeness (QED) is 0.593. The SMILES string of the molecule is O=CCC1C2CC3C[C@H]1CN(C3)C2. The van der Waals surface area contributed by atoms with Gasteiger partial charge in [-0.05, 0) is 36.5 Å². The van der Waals surface area contributed by atoms with Gasteiger partial charge in [0.25, 0.3) is 0 Å². The van der Waals surface area contributed by atoms with Crippen molar-refractivity contribution in [3.63, 3.8) is 0 Å². The molecule has 0 aromatic rings. The Morgan fingerprint density at radius 3 is 2.38 bits per heavy atom. The van der Waals surface area contributed by atoms with Crippen LogP contribution in [-0.4, -0.2) is 30.8 Å². The van der Waals surface area contributed by atoms with Crippen molar-refractivity contribution >= 4 is 6.29 Å². The van der Waals surface area contributed by atoms with Crippen molar-refractivity contribution in [2.75, 3.05) is 19.6 Å². The van der Waals surface area contributed by atoms with Crippen LogP contribution in [-0.2, 0) is 4.79 Å². The molecular weight excluding hydrogens is 162 g/mol.